The molecule has 0 saturated carbocycles. The van der Waals surface area contributed by atoms with Gasteiger partial charge in [-0.25, -0.2) is 4.79 Å². The summed E-state index contributed by atoms with van der Waals surface area (Å²) in [7, 11) is 0. The molecule has 1 saturated heterocycles. The van der Waals surface area contributed by atoms with Crippen molar-refractivity contribution in [2.24, 2.45) is 0 Å². The molecule has 20 heavy (non-hydrogen) atoms. The van der Waals surface area contributed by atoms with Gasteiger partial charge in [-0.3, -0.25) is 4.90 Å². The molecule has 1 fully saturated rings. The maximum Gasteiger partial charge on any atom is 0.409 e. The summed E-state index contributed by atoms with van der Waals surface area (Å²) < 4.78 is 5.04. The fourth-order valence-electron chi connectivity index (χ4n) is 2.60. The second-order valence-electron chi connectivity index (χ2n) is 5.30. The molecular formula is C16H24N2O2. The van der Waals surface area contributed by atoms with Gasteiger partial charge in [0.2, 0.25) is 0 Å². The Hall–Kier alpha value is -1.55. The van der Waals surface area contributed by atoms with Gasteiger partial charge in [0.15, 0.2) is 0 Å². The van der Waals surface area contributed by atoms with E-state index in [0.717, 1.165) is 32.7 Å². The molecule has 0 aromatic heterocycles. The fraction of sp³-hybridized carbons (Fsp3) is 0.562. The molecule has 1 aromatic rings. The zero-order chi connectivity index (χ0) is 14.4. The summed E-state index contributed by atoms with van der Waals surface area (Å²) in [4.78, 5) is 15.9. The van der Waals surface area contributed by atoms with Crippen LogP contribution in [0.1, 0.15) is 25.3 Å². The zero-order valence-electron chi connectivity index (χ0n) is 12.4. The average Bonchev–Trinajstić information content (AvgIpc) is 2.49. The molecule has 1 aromatic carbocycles. The maximum absolute atomic E-state index is 11.6. The van der Waals surface area contributed by atoms with Crippen molar-refractivity contribution in [1.29, 1.82) is 0 Å². The van der Waals surface area contributed by atoms with Crippen LogP contribution in [0.15, 0.2) is 30.3 Å². The van der Waals surface area contributed by atoms with E-state index in [1.807, 2.05) is 13.0 Å². The number of rotatable bonds is 4. The van der Waals surface area contributed by atoms with Gasteiger partial charge < -0.3 is 9.64 Å². The monoisotopic (exact) mass is 276 g/mol. The van der Waals surface area contributed by atoms with Crippen molar-refractivity contribution in [3.8, 4) is 0 Å². The van der Waals surface area contributed by atoms with Crippen LogP contribution in [0.4, 0.5) is 4.79 Å². The van der Waals surface area contributed by atoms with E-state index in [9.17, 15) is 4.79 Å². The predicted molar refractivity (Wildman–Crippen MR) is 79.9 cm³/mol. The first-order valence-electron chi connectivity index (χ1n) is 7.39. The van der Waals surface area contributed by atoms with Crippen LogP contribution < -0.4 is 0 Å². The van der Waals surface area contributed by atoms with Crippen molar-refractivity contribution >= 4 is 6.09 Å². The molecule has 0 aliphatic carbocycles. The molecule has 2 rings (SSSR count). The lowest BCUT2D eigenvalue weighted by atomic mass is 10.0. The molecule has 4 heteroatoms. The molecule has 0 radical (unpaired) electrons. The van der Waals surface area contributed by atoms with E-state index in [1.165, 1.54) is 5.56 Å². The number of nitrogens with zero attached hydrogens (tertiary/aromatic N) is 2. The zero-order valence-corrected chi connectivity index (χ0v) is 12.4. The molecule has 0 spiro atoms. The highest BCUT2D eigenvalue weighted by Crippen LogP contribution is 2.17. The molecule has 110 valence electrons. The molecular weight excluding hydrogens is 252 g/mol. The second-order valence-corrected chi connectivity index (χ2v) is 5.30. The summed E-state index contributed by atoms with van der Waals surface area (Å²) in [6.45, 7) is 8.97. The van der Waals surface area contributed by atoms with Gasteiger partial charge in [-0.2, -0.15) is 0 Å². The Morgan fingerprint density at radius 1 is 1.20 bits per heavy atom. The number of benzene rings is 1. The minimum Gasteiger partial charge on any atom is -0.450 e. The van der Waals surface area contributed by atoms with Crippen molar-refractivity contribution in [3.05, 3.63) is 35.9 Å². The van der Waals surface area contributed by atoms with Crippen LogP contribution in [0.5, 0.6) is 0 Å². The lowest BCUT2D eigenvalue weighted by Gasteiger charge is -2.35. The first kappa shape index (κ1) is 14.9. The molecule has 0 bridgehead atoms. The van der Waals surface area contributed by atoms with Crippen LogP contribution >= 0.6 is 0 Å². The molecule has 1 aliphatic heterocycles. The van der Waals surface area contributed by atoms with Crippen molar-refractivity contribution in [2.45, 2.75) is 19.8 Å². The van der Waals surface area contributed by atoms with Crippen molar-refractivity contribution in [3.63, 3.8) is 0 Å². The molecule has 4 nitrogen and oxygen atoms in total. The number of carbonyl (C=O) groups is 1. The molecule has 1 aliphatic rings. The Labute approximate surface area is 121 Å². The van der Waals surface area contributed by atoms with Gasteiger partial charge in [0, 0.05) is 32.7 Å². The fourth-order valence-corrected chi connectivity index (χ4v) is 2.60. The normalized spacial score (nSPS) is 17.8. The first-order chi connectivity index (χ1) is 9.70. The number of piperazine rings is 1. The van der Waals surface area contributed by atoms with Crippen LogP contribution in [0.2, 0.25) is 0 Å². The Morgan fingerprint density at radius 2 is 1.85 bits per heavy atom. The lowest BCUT2D eigenvalue weighted by molar-refractivity contribution is 0.0784. The summed E-state index contributed by atoms with van der Waals surface area (Å²) in [5.41, 5.74) is 1.38. The highest BCUT2D eigenvalue weighted by molar-refractivity contribution is 5.67. The second kappa shape index (κ2) is 7.29. The number of amides is 1. The Balaban J connectivity index is 1.78. The summed E-state index contributed by atoms with van der Waals surface area (Å²) in [6, 6.07) is 10.6. The van der Waals surface area contributed by atoms with Crippen LogP contribution in [0, 0.1) is 0 Å². The molecule has 0 unspecified atom stereocenters. The van der Waals surface area contributed by atoms with E-state index in [4.69, 9.17) is 4.74 Å². The Morgan fingerprint density at radius 3 is 2.45 bits per heavy atom. The molecule has 1 atom stereocenters. The summed E-state index contributed by atoms with van der Waals surface area (Å²) in [5.74, 6) is 0.519. The van der Waals surface area contributed by atoms with Gasteiger partial charge in [-0.1, -0.05) is 37.3 Å². The van der Waals surface area contributed by atoms with E-state index in [2.05, 4.69) is 36.1 Å². The van der Waals surface area contributed by atoms with Crippen LogP contribution in [-0.4, -0.2) is 55.2 Å². The third kappa shape index (κ3) is 3.97. The molecule has 1 amide bonds. The quantitative estimate of drug-likeness (QED) is 0.847. The minimum absolute atomic E-state index is 0.178. The Kier molecular flexibility index (Phi) is 5.41. The largest absolute Gasteiger partial charge is 0.450 e. The highest BCUT2D eigenvalue weighted by Gasteiger charge is 2.22. The van der Waals surface area contributed by atoms with Crippen LogP contribution in [-0.2, 0) is 4.74 Å². The van der Waals surface area contributed by atoms with E-state index in [-0.39, 0.29) is 6.09 Å². The number of hydrogen-bond donors (Lipinski definition) is 0. The Bertz CT molecular complexity index is 414. The average molecular weight is 276 g/mol. The van der Waals surface area contributed by atoms with Gasteiger partial charge in [0.1, 0.15) is 0 Å². The van der Waals surface area contributed by atoms with Crippen molar-refractivity contribution < 1.29 is 9.53 Å². The molecule has 0 N–H and O–H groups in total. The first-order valence-corrected chi connectivity index (χ1v) is 7.39. The van der Waals surface area contributed by atoms with Crippen LogP contribution in [0.3, 0.4) is 0 Å². The molecule has 1 heterocycles. The van der Waals surface area contributed by atoms with Gasteiger partial charge in [0.05, 0.1) is 6.61 Å². The number of ether oxygens (including phenoxy) is 1. The summed E-state index contributed by atoms with van der Waals surface area (Å²) in [6.07, 6.45) is -0.178. The van der Waals surface area contributed by atoms with E-state index < -0.39 is 0 Å². The lowest BCUT2D eigenvalue weighted by Crippen LogP contribution is -2.49. The van der Waals surface area contributed by atoms with E-state index in [0.29, 0.717) is 12.5 Å². The highest BCUT2D eigenvalue weighted by atomic mass is 16.6. The van der Waals surface area contributed by atoms with E-state index >= 15 is 0 Å². The van der Waals surface area contributed by atoms with Crippen molar-refractivity contribution in [1.82, 2.24) is 9.80 Å². The van der Waals surface area contributed by atoms with E-state index in [1.54, 1.807) is 4.90 Å². The standard InChI is InChI=1S/C16H24N2O2/c1-3-20-16(19)18-11-9-17(10-12-18)13-14(2)15-7-5-4-6-8-15/h4-8,14H,3,9-13H2,1-2H3/t14-/m0/s1. The summed E-state index contributed by atoms with van der Waals surface area (Å²) >= 11 is 0. The third-order valence-corrected chi connectivity index (χ3v) is 3.80. The SMILES string of the molecule is CCOC(=O)N1CCN(C[C@H](C)c2ccccc2)CC1. The van der Waals surface area contributed by atoms with Gasteiger partial charge in [0.25, 0.3) is 0 Å². The summed E-state index contributed by atoms with van der Waals surface area (Å²) in [5, 5.41) is 0. The minimum atomic E-state index is -0.178. The predicted octanol–water partition coefficient (Wildman–Crippen LogP) is 2.56. The topological polar surface area (TPSA) is 32.8 Å². The van der Waals surface area contributed by atoms with Crippen molar-refractivity contribution in [2.75, 3.05) is 39.3 Å². The van der Waals surface area contributed by atoms with Crippen LogP contribution in [0.25, 0.3) is 0 Å². The number of carbonyl (C=O) groups excluding carboxylic acids is 1. The maximum atomic E-state index is 11.6. The van der Waals surface area contributed by atoms with Gasteiger partial charge in [-0.05, 0) is 18.4 Å². The third-order valence-electron chi connectivity index (χ3n) is 3.80. The number of hydrogen-bond acceptors (Lipinski definition) is 3. The van der Waals surface area contributed by atoms with Gasteiger partial charge >= 0.3 is 6.09 Å². The van der Waals surface area contributed by atoms with Gasteiger partial charge in [-0.15, -0.1) is 0 Å². The smallest absolute Gasteiger partial charge is 0.409 e.